The van der Waals surface area contributed by atoms with E-state index >= 15 is 0 Å². The maximum atomic E-state index is 10.3. The van der Waals surface area contributed by atoms with E-state index in [1.165, 1.54) is 37.1 Å². The summed E-state index contributed by atoms with van der Waals surface area (Å²) in [6, 6.07) is 5.02. The molecule has 0 heterocycles. The second kappa shape index (κ2) is 9.65. The Morgan fingerprint density at radius 2 is 1.53 bits per heavy atom. The third kappa shape index (κ3) is 7.54. The molecule has 102 valence electrons. The quantitative estimate of drug-likeness (QED) is 0.795. The average Bonchev–Trinajstić information content (AvgIpc) is 2.40. The van der Waals surface area contributed by atoms with Crippen LogP contribution in [0.1, 0.15) is 40.5 Å². The topological polar surface area (TPSA) is 74.6 Å². The molecule has 19 heavy (non-hydrogen) atoms. The van der Waals surface area contributed by atoms with E-state index in [0.29, 0.717) is 0 Å². The Hall–Kier alpha value is -2.36. The third-order valence-electron chi connectivity index (χ3n) is 2.11. The summed E-state index contributed by atoms with van der Waals surface area (Å²) in [5.74, 6) is -2.13. The SMILES string of the molecule is C=CC=CCCC.O=C(O)c1ccc(C(=O)O)cc1. The fourth-order valence-corrected chi connectivity index (χ4v) is 1.11. The van der Waals surface area contributed by atoms with Crippen LogP contribution in [0.5, 0.6) is 0 Å². The molecule has 0 aliphatic rings. The van der Waals surface area contributed by atoms with E-state index in [4.69, 9.17) is 10.2 Å². The zero-order valence-corrected chi connectivity index (χ0v) is 10.9. The summed E-state index contributed by atoms with van der Waals surface area (Å²) in [5, 5.41) is 16.9. The number of allylic oxidation sites excluding steroid dienone is 3. The Morgan fingerprint density at radius 3 is 1.79 bits per heavy atom. The number of hydrogen-bond donors (Lipinski definition) is 2. The summed E-state index contributed by atoms with van der Waals surface area (Å²) in [7, 11) is 0. The van der Waals surface area contributed by atoms with Gasteiger partial charge in [0.2, 0.25) is 0 Å². The Kier molecular flexibility index (Phi) is 8.45. The molecular formula is C15H18O4. The molecule has 0 saturated heterocycles. The third-order valence-corrected chi connectivity index (χ3v) is 2.11. The van der Waals surface area contributed by atoms with E-state index in [2.05, 4.69) is 19.6 Å². The van der Waals surface area contributed by atoms with Gasteiger partial charge in [0.1, 0.15) is 0 Å². The van der Waals surface area contributed by atoms with Crippen molar-refractivity contribution in [2.24, 2.45) is 0 Å². The summed E-state index contributed by atoms with van der Waals surface area (Å²) < 4.78 is 0. The molecule has 2 N–H and O–H groups in total. The van der Waals surface area contributed by atoms with Gasteiger partial charge in [0.05, 0.1) is 11.1 Å². The average molecular weight is 262 g/mol. The van der Waals surface area contributed by atoms with Gasteiger partial charge < -0.3 is 10.2 Å². The van der Waals surface area contributed by atoms with Gasteiger partial charge in [-0.1, -0.05) is 38.2 Å². The predicted molar refractivity (Wildman–Crippen MR) is 74.6 cm³/mol. The molecule has 1 aromatic carbocycles. The molecule has 1 aromatic rings. The molecule has 0 saturated carbocycles. The minimum Gasteiger partial charge on any atom is -0.478 e. The minimum absolute atomic E-state index is 0.0833. The first kappa shape index (κ1) is 16.6. The highest BCUT2D eigenvalue weighted by Gasteiger charge is 2.04. The van der Waals surface area contributed by atoms with Crippen molar-refractivity contribution in [3.63, 3.8) is 0 Å². The summed E-state index contributed by atoms with van der Waals surface area (Å²) in [4.78, 5) is 20.7. The van der Waals surface area contributed by atoms with Crippen LogP contribution in [0.4, 0.5) is 0 Å². The van der Waals surface area contributed by atoms with Crippen LogP contribution in [0.15, 0.2) is 49.1 Å². The van der Waals surface area contributed by atoms with Gasteiger partial charge in [0.25, 0.3) is 0 Å². The molecule has 0 radical (unpaired) electrons. The number of carbonyl (C=O) groups is 2. The highest BCUT2D eigenvalue weighted by atomic mass is 16.4. The fraction of sp³-hybridized carbons (Fsp3) is 0.200. The van der Waals surface area contributed by atoms with Crippen molar-refractivity contribution >= 4 is 11.9 Å². The number of aromatic carboxylic acids is 2. The first-order chi connectivity index (χ1) is 9.02. The first-order valence-corrected chi connectivity index (χ1v) is 5.87. The largest absolute Gasteiger partial charge is 0.478 e. The van der Waals surface area contributed by atoms with Gasteiger partial charge in [-0.25, -0.2) is 9.59 Å². The van der Waals surface area contributed by atoms with Gasteiger partial charge in [0, 0.05) is 0 Å². The lowest BCUT2D eigenvalue weighted by Gasteiger charge is -1.94. The second-order valence-electron chi connectivity index (χ2n) is 3.64. The molecular weight excluding hydrogens is 244 g/mol. The van der Waals surface area contributed by atoms with E-state index in [0.717, 1.165) is 0 Å². The molecule has 0 unspecified atom stereocenters. The van der Waals surface area contributed by atoms with E-state index in [1.807, 2.05) is 6.08 Å². The second-order valence-corrected chi connectivity index (χ2v) is 3.64. The Bertz CT molecular complexity index is 411. The standard InChI is InChI=1S/C8H6O4.C7H12/c9-7(10)5-1-2-6(4-3-5)8(11)12;1-3-5-7-6-4-2/h1-4H,(H,9,10)(H,11,12);3,5,7H,1,4,6H2,2H3. The van der Waals surface area contributed by atoms with Gasteiger partial charge >= 0.3 is 11.9 Å². The van der Waals surface area contributed by atoms with Crippen LogP contribution in [0.2, 0.25) is 0 Å². The van der Waals surface area contributed by atoms with Gasteiger partial charge in [-0.15, -0.1) is 0 Å². The summed E-state index contributed by atoms with van der Waals surface area (Å²) in [5.41, 5.74) is 0.167. The molecule has 0 aliphatic heterocycles. The van der Waals surface area contributed by atoms with Crippen molar-refractivity contribution in [2.45, 2.75) is 19.8 Å². The maximum Gasteiger partial charge on any atom is 0.335 e. The van der Waals surface area contributed by atoms with Crippen molar-refractivity contribution in [3.8, 4) is 0 Å². The summed E-state index contributed by atoms with van der Waals surface area (Å²) >= 11 is 0. The fourth-order valence-electron chi connectivity index (χ4n) is 1.11. The number of benzene rings is 1. The lowest BCUT2D eigenvalue weighted by Crippen LogP contribution is -1.99. The van der Waals surface area contributed by atoms with E-state index in [1.54, 1.807) is 6.08 Å². The molecule has 0 bridgehead atoms. The number of carboxylic acids is 2. The Morgan fingerprint density at radius 1 is 1.11 bits per heavy atom. The van der Waals surface area contributed by atoms with Gasteiger partial charge in [-0.3, -0.25) is 0 Å². The van der Waals surface area contributed by atoms with Crippen molar-refractivity contribution < 1.29 is 19.8 Å². The molecule has 0 atom stereocenters. The van der Waals surface area contributed by atoms with Crippen LogP contribution < -0.4 is 0 Å². The van der Waals surface area contributed by atoms with Crippen LogP contribution >= 0.6 is 0 Å². The number of rotatable bonds is 5. The number of hydrogen-bond acceptors (Lipinski definition) is 2. The van der Waals surface area contributed by atoms with Crippen molar-refractivity contribution in [1.82, 2.24) is 0 Å². The molecule has 0 aliphatic carbocycles. The van der Waals surface area contributed by atoms with E-state index in [9.17, 15) is 9.59 Å². The predicted octanol–water partition coefficient (Wildman–Crippen LogP) is 3.61. The molecule has 4 heteroatoms. The van der Waals surface area contributed by atoms with Gasteiger partial charge in [0.15, 0.2) is 0 Å². The monoisotopic (exact) mass is 262 g/mol. The highest BCUT2D eigenvalue weighted by molar-refractivity contribution is 5.91. The molecule has 0 amide bonds. The molecule has 1 rings (SSSR count). The van der Waals surface area contributed by atoms with Crippen molar-refractivity contribution in [2.75, 3.05) is 0 Å². The normalized spacial score (nSPS) is 9.53. The summed E-state index contributed by atoms with van der Waals surface area (Å²) in [6.45, 7) is 5.71. The van der Waals surface area contributed by atoms with Crippen LogP contribution in [0, 0.1) is 0 Å². The highest BCUT2D eigenvalue weighted by Crippen LogP contribution is 2.03. The molecule has 0 aromatic heterocycles. The maximum absolute atomic E-state index is 10.3. The lowest BCUT2D eigenvalue weighted by atomic mass is 10.1. The van der Waals surface area contributed by atoms with Crippen molar-refractivity contribution in [1.29, 1.82) is 0 Å². The van der Waals surface area contributed by atoms with Crippen LogP contribution in [-0.2, 0) is 0 Å². The number of unbranched alkanes of at least 4 members (excludes halogenated alkanes) is 1. The zero-order chi connectivity index (χ0) is 14.7. The van der Waals surface area contributed by atoms with Crippen LogP contribution in [0.25, 0.3) is 0 Å². The Balaban J connectivity index is 0.000000399. The minimum atomic E-state index is -1.06. The first-order valence-electron chi connectivity index (χ1n) is 5.87. The van der Waals surface area contributed by atoms with Crippen LogP contribution in [-0.4, -0.2) is 22.2 Å². The smallest absolute Gasteiger partial charge is 0.335 e. The summed E-state index contributed by atoms with van der Waals surface area (Å²) in [6.07, 6.45) is 8.29. The number of carboxylic acid groups (broad SMARTS) is 2. The lowest BCUT2D eigenvalue weighted by molar-refractivity contribution is 0.0681. The van der Waals surface area contributed by atoms with Crippen LogP contribution in [0.3, 0.4) is 0 Å². The molecule has 4 nitrogen and oxygen atoms in total. The molecule has 0 fully saturated rings. The zero-order valence-electron chi connectivity index (χ0n) is 10.9. The van der Waals surface area contributed by atoms with Gasteiger partial charge in [-0.05, 0) is 30.7 Å². The van der Waals surface area contributed by atoms with Crippen molar-refractivity contribution in [3.05, 3.63) is 60.2 Å². The van der Waals surface area contributed by atoms with E-state index < -0.39 is 11.9 Å². The Labute approximate surface area is 112 Å². The van der Waals surface area contributed by atoms with Gasteiger partial charge in [-0.2, -0.15) is 0 Å². The van der Waals surface area contributed by atoms with E-state index in [-0.39, 0.29) is 11.1 Å². The molecule has 0 spiro atoms.